The molecular formula is C21H18ClFN2O4. The highest BCUT2D eigenvalue weighted by atomic mass is 35.5. The second-order valence-corrected chi connectivity index (χ2v) is 6.64. The van der Waals surface area contributed by atoms with Gasteiger partial charge in [0.2, 0.25) is 0 Å². The molecule has 0 bridgehead atoms. The zero-order valence-electron chi connectivity index (χ0n) is 15.8. The van der Waals surface area contributed by atoms with Crippen molar-refractivity contribution in [3.63, 3.8) is 0 Å². The Labute approximate surface area is 171 Å². The predicted octanol–water partition coefficient (Wildman–Crippen LogP) is 4.80. The van der Waals surface area contributed by atoms with Gasteiger partial charge in [0.25, 0.3) is 5.91 Å². The van der Waals surface area contributed by atoms with Crippen LogP contribution < -0.4 is 5.32 Å². The lowest BCUT2D eigenvalue weighted by molar-refractivity contribution is -0.119. The van der Waals surface area contributed by atoms with Crippen molar-refractivity contribution in [2.45, 2.75) is 20.3 Å². The normalized spacial score (nSPS) is 10.6. The highest BCUT2D eigenvalue weighted by Gasteiger charge is 2.27. The molecule has 0 atom stereocenters. The Balaban J connectivity index is 1.73. The van der Waals surface area contributed by atoms with E-state index in [1.54, 1.807) is 6.07 Å². The molecule has 1 heterocycles. The van der Waals surface area contributed by atoms with E-state index in [0.29, 0.717) is 5.69 Å². The summed E-state index contributed by atoms with van der Waals surface area (Å²) in [4.78, 5) is 24.7. The highest BCUT2D eigenvalue weighted by Crippen LogP contribution is 2.33. The smallest absolute Gasteiger partial charge is 0.344 e. The van der Waals surface area contributed by atoms with Gasteiger partial charge in [0.05, 0.1) is 10.6 Å². The number of aromatic nitrogens is 1. The zero-order valence-corrected chi connectivity index (χ0v) is 16.5. The van der Waals surface area contributed by atoms with Gasteiger partial charge in [-0.1, -0.05) is 41.9 Å². The summed E-state index contributed by atoms with van der Waals surface area (Å²) in [6, 6.07) is 11.4. The quantitative estimate of drug-likeness (QED) is 0.584. The molecule has 0 unspecified atom stereocenters. The van der Waals surface area contributed by atoms with Crippen molar-refractivity contribution >= 4 is 29.2 Å². The lowest BCUT2D eigenvalue weighted by atomic mass is 10.1. The molecule has 0 saturated carbocycles. The van der Waals surface area contributed by atoms with E-state index in [0.717, 1.165) is 12.0 Å². The molecule has 1 amide bonds. The average molecular weight is 417 g/mol. The van der Waals surface area contributed by atoms with E-state index >= 15 is 0 Å². The third-order valence-electron chi connectivity index (χ3n) is 4.22. The molecule has 0 spiro atoms. The van der Waals surface area contributed by atoms with Crippen molar-refractivity contribution in [1.82, 2.24) is 5.16 Å². The first kappa shape index (κ1) is 20.5. The molecule has 6 nitrogen and oxygen atoms in total. The largest absolute Gasteiger partial charge is 0.452 e. The number of nitrogens with zero attached hydrogens (tertiary/aromatic N) is 1. The van der Waals surface area contributed by atoms with Crippen molar-refractivity contribution < 1.29 is 23.2 Å². The first-order chi connectivity index (χ1) is 13.9. The molecule has 150 valence electrons. The molecule has 29 heavy (non-hydrogen) atoms. The van der Waals surface area contributed by atoms with Gasteiger partial charge in [0.1, 0.15) is 22.8 Å². The van der Waals surface area contributed by atoms with E-state index in [1.165, 1.54) is 25.1 Å². The number of esters is 1. The zero-order chi connectivity index (χ0) is 21.0. The van der Waals surface area contributed by atoms with E-state index in [1.807, 2.05) is 25.1 Å². The first-order valence-corrected chi connectivity index (χ1v) is 9.25. The van der Waals surface area contributed by atoms with Crippen LogP contribution in [-0.4, -0.2) is 23.6 Å². The van der Waals surface area contributed by atoms with Gasteiger partial charge in [-0.15, -0.1) is 0 Å². The van der Waals surface area contributed by atoms with Crippen LogP contribution in [-0.2, 0) is 16.0 Å². The Morgan fingerprint density at radius 1 is 1.24 bits per heavy atom. The van der Waals surface area contributed by atoms with Gasteiger partial charge in [-0.05, 0) is 43.2 Å². The van der Waals surface area contributed by atoms with Crippen LogP contribution in [0, 0.1) is 12.7 Å². The summed E-state index contributed by atoms with van der Waals surface area (Å²) in [5.74, 6) is -1.91. The first-order valence-electron chi connectivity index (χ1n) is 8.87. The van der Waals surface area contributed by atoms with Gasteiger partial charge in [0.15, 0.2) is 6.61 Å². The fraction of sp³-hybridized carbons (Fsp3) is 0.190. The van der Waals surface area contributed by atoms with Crippen LogP contribution in [0.25, 0.3) is 11.3 Å². The molecule has 8 heteroatoms. The maximum Gasteiger partial charge on any atom is 0.344 e. The van der Waals surface area contributed by atoms with Crippen molar-refractivity contribution in [2.75, 3.05) is 11.9 Å². The molecule has 0 saturated heterocycles. The van der Waals surface area contributed by atoms with Crippen molar-refractivity contribution in [3.8, 4) is 11.3 Å². The fourth-order valence-electron chi connectivity index (χ4n) is 2.78. The SMILES string of the molecule is CCc1cccc(NC(=O)COC(=O)c2c(-c3c(F)cccc3Cl)noc2C)c1. The Kier molecular flexibility index (Phi) is 6.29. The number of anilines is 1. The lowest BCUT2D eigenvalue weighted by Gasteiger charge is -2.08. The number of benzene rings is 2. The predicted molar refractivity (Wildman–Crippen MR) is 106 cm³/mol. The van der Waals surface area contributed by atoms with Gasteiger partial charge in [-0.3, -0.25) is 4.79 Å². The lowest BCUT2D eigenvalue weighted by Crippen LogP contribution is -2.21. The van der Waals surface area contributed by atoms with E-state index in [4.69, 9.17) is 20.9 Å². The Bertz CT molecular complexity index is 1040. The van der Waals surface area contributed by atoms with Crippen molar-refractivity contribution in [1.29, 1.82) is 0 Å². The standard InChI is InChI=1S/C21H18ClFN2O4/c1-3-13-6-4-7-14(10-13)24-17(26)11-28-21(27)18-12(2)29-25-20(18)19-15(22)8-5-9-16(19)23/h4-10H,3,11H2,1-2H3,(H,24,26). The monoisotopic (exact) mass is 416 g/mol. The number of carbonyl (C=O) groups excluding carboxylic acids is 2. The van der Waals surface area contributed by atoms with Crippen LogP contribution in [0.15, 0.2) is 47.0 Å². The molecule has 0 fully saturated rings. The summed E-state index contributed by atoms with van der Waals surface area (Å²) in [5, 5.41) is 6.47. The van der Waals surface area contributed by atoms with Crippen LogP contribution in [0.3, 0.4) is 0 Å². The van der Waals surface area contributed by atoms with Gasteiger partial charge in [-0.2, -0.15) is 0 Å². The number of hydrogen-bond acceptors (Lipinski definition) is 5. The van der Waals surface area contributed by atoms with E-state index < -0.39 is 24.3 Å². The summed E-state index contributed by atoms with van der Waals surface area (Å²) in [7, 11) is 0. The Morgan fingerprint density at radius 2 is 2.00 bits per heavy atom. The summed E-state index contributed by atoms with van der Waals surface area (Å²) in [5.41, 5.74) is 1.43. The number of rotatable bonds is 6. The topological polar surface area (TPSA) is 81.4 Å². The molecule has 0 aliphatic carbocycles. The molecule has 3 aromatic rings. The molecule has 3 rings (SSSR count). The third kappa shape index (κ3) is 4.63. The number of aryl methyl sites for hydroxylation is 2. The maximum atomic E-state index is 14.2. The molecular weight excluding hydrogens is 399 g/mol. The minimum absolute atomic E-state index is 0.0703. The molecule has 1 N–H and O–H groups in total. The van der Waals surface area contributed by atoms with E-state index in [2.05, 4.69) is 10.5 Å². The van der Waals surface area contributed by atoms with Gasteiger partial charge in [0, 0.05) is 5.69 Å². The molecule has 2 aromatic carbocycles. The van der Waals surface area contributed by atoms with Crippen LogP contribution in [0.1, 0.15) is 28.6 Å². The average Bonchev–Trinajstić information content (AvgIpc) is 3.07. The van der Waals surface area contributed by atoms with E-state index in [-0.39, 0.29) is 27.6 Å². The van der Waals surface area contributed by atoms with E-state index in [9.17, 15) is 14.0 Å². The minimum Gasteiger partial charge on any atom is -0.452 e. The van der Waals surface area contributed by atoms with Crippen LogP contribution in [0.5, 0.6) is 0 Å². The van der Waals surface area contributed by atoms with Gasteiger partial charge >= 0.3 is 5.97 Å². The number of halogens is 2. The van der Waals surface area contributed by atoms with Crippen molar-refractivity contribution in [2.24, 2.45) is 0 Å². The summed E-state index contributed by atoms with van der Waals surface area (Å²) in [6.45, 7) is 2.96. The number of carbonyl (C=O) groups is 2. The minimum atomic E-state index is -0.865. The van der Waals surface area contributed by atoms with Crippen LogP contribution in [0.2, 0.25) is 5.02 Å². The number of nitrogens with one attached hydrogen (secondary N) is 1. The fourth-order valence-corrected chi connectivity index (χ4v) is 3.03. The molecule has 0 aliphatic heterocycles. The second kappa shape index (κ2) is 8.87. The Morgan fingerprint density at radius 3 is 2.72 bits per heavy atom. The summed E-state index contributed by atoms with van der Waals surface area (Å²) < 4.78 is 24.3. The van der Waals surface area contributed by atoms with Gasteiger partial charge < -0.3 is 14.6 Å². The third-order valence-corrected chi connectivity index (χ3v) is 4.53. The van der Waals surface area contributed by atoms with Crippen LogP contribution >= 0.6 is 11.6 Å². The number of amides is 1. The number of hydrogen-bond donors (Lipinski definition) is 1. The van der Waals surface area contributed by atoms with Crippen molar-refractivity contribution in [3.05, 3.63) is 70.2 Å². The molecule has 0 radical (unpaired) electrons. The second-order valence-electron chi connectivity index (χ2n) is 6.24. The highest BCUT2D eigenvalue weighted by molar-refractivity contribution is 6.33. The van der Waals surface area contributed by atoms with Crippen LogP contribution in [0.4, 0.5) is 10.1 Å². The van der Waals surface area contributed by atoms with Gasteiger partial charge in [-0.25, -0.2) is 9.18 Å². The maximum absolute atomic E-state index is 14.2. The molecule has 1 aromatic heterocycles. The summed E-state index contributed by atoms with van der Waals surface area (Å²) >= 11 is 6.05. The number of ether oxygens (including phenoxy) is 1. The Hall–Kier alpha value is -3.19. The molecule has 0 aliphatic rings. The summed E-state index contributed by atoms with van der Waals surface area (Å²) in [6.07, 6.45) is 0.826.